The Labute approximate surface area is 137 Å². The zero-order chi connectivity index (χ0) is 17.3. The summed E-state index contributed by atoms with van der Waals surface area (Å²) in [5, 5.41) is 6.38. The number of fused-ring (bicyclic) bond motifs is 1. The number of oxazole rings is 1. The fourth-order valence-electron chi connectivity index (χ4n) is 2.29. The van der Waals surface area contributed by atoms with Gasteiger partial charge in [0.1, 0.15) is 17.1 Å². The minimum absolute atomic E-state index is 0.252. The predicted octanol–water partition coefficient (Wildman–Crippen LogP) is 3.61. The lowest BCUT2D eigenvalue weighted by Crippen LogP contribution is -2.17. The van der Waals surface area contributed by atoms with Crippen LogP contribution in [0.5, 0.6) is 11.5 Å². The third kappa shape index (κ3) is 2.78. The van der Waals surface area contributed by atoms with E-state index in [4.69, 9.17) is 18.4 Å². The van der Waals surface area contributed by atoms with E-state index in [9.17, 15) is 4.79 Å². The van der Waals surface area contributed by atoms with Crippen LogP contribution in [0.25, 0.3) is 11.1 Å². The number of aromatic nitrogens is 2. The molecule has 0 aliphatic heterocycles. The van der Waals surface area contributed by atoms with E-state index in [0.29, 0.717) is 46.3 Å². The molecule has 0 spiro atoms. The number of benzene rings is 1. The van der Waals surface area contributed by atoms with Gasteiger partial charge in [0.2, 0.25) is 5.58 Å². The van der Waals surface area contributed by atoms with Crippen LogP contribution in [0.1, 0.15) is 24.3 Å². The summed E-state index contributed by atoms with van der Waals surface area (Å²) in [4.78, 5) is 16.5. The topological polar surface area (TPSA) is 99.6 Å². The van der Waals surface area contributed by atoms with Crippen LogP contribution >= 0.6 is 0 Å². The van der Waals surface area contributed by atoms with E-state index in [-0.39, 0.29) is 5.75 Å². The third-order valence-corrected chi connectivity index (χ3v) is 3.50. The number of nitrogens with zero attached hydrogens (tertiary/aromatic N) is 2. The lowest BCUT2D eigenvalue weighted by atomic mass is 10.3. The van der Waals surface area contributed by atoms with E-state index < -0.39 is 6.09 Å². The molecule has 1 N–H and O–H groups in total. The molecule has 0 bridgehead atoms. The summed E-state index contributed by atoms with van der Waals surface area (Å²) in [5.74, 6) is 1.83. The van der Waals surface area contributed by atoms with Gasteiger partial charge >= 0.3 is 6.09 Å². The second-order valence-corrected chi connectivity index (χ2v) is 5.12. The summed E-state index contributed by atoms with van der Waals surface area (Å²) in [6.45, 7) is 5.34. The molecule has 3 aromatic rings. The molecular weight excluding hydrogens is 314 g/mol. The molecule has 0 atom stereocenters. The summed E-state index contributed by atoms with van der Waals surface area (Å²) in [6.07, 6.45) is -0.0620. The molecule has 2 aromatic heterocycles. The predicted molar refractivity (Wildman–Crippen MR) is 85.6 cm³/mol. The molecular formula is C16H17N3O5. The van der Waals surface area contributed by atoms with Gasteiger partial charge < -0.3 is 18.4 Å². The van der Waals surface area contributed by atoms with Gasteiger partial charge in [-0.25, -0.2) is 9.78 Å². The van der Waals surface area contributed by atoms with Crippen molar-refractivity contribution in [3.8, 4) is 11.5 Å². The number of carbonyl (C=O) groups excluding carboxylic acids is 1. The first-order valence-corrected chi connectivity index (χ1v) is 7.41. The fraction of sp³-hybridized carbons (Fsp3) is 0.312. The highest BCUT2D eigenvalue weighted by atomic mass is 16.6. The number of nitrogens with one attached hydrogen (secondary N) is 1. The number of anilines is 1. The van der Waals surface area contributed by atoms with Gasteiger partial charge in [0.25, 0.3) is 0 Å². The van der Waals surface area contributed by atoms with Crippen molar-refractivity contribution in [3.05, 3.63) is 29.5 Å². The van der Waals surface area contributed by atoms with E-state index in [2.05, 4.69) is 15.5 Å². The first-order chi connectivity index (χ1) is 11.5. The van der Waals surface area contributed by atoms with Crippen LogP contribution in [0, 0.1) is 13.8 Å². The van der Waals surface area contributed by atoms with Gasteiger partial charge in [0.05, 0.1) is 7.11 Å². The Hall–Kier alpha value is -3.03. The summed E-state index contributed by atoms with van der Waals surface area (Å²) in [5.41, 5.74) is 1.92. The van der Waals surface area contributed by atoms with Crippen LogP contribution in [-0.4, -0.2) is 23.3 Å². The van der Waals surface area contributed by atoms with E-state index in [1.807, 2.05) is 6.92 Å². The Morgan fingerprint density at radius 1 is 1.29 bits per heavy atom. The Balaban J connectivity index is 1.89. The van der Waals surface area contributed by atoms with Gasteiger partial charge in [-0.1, -0.05) is 12.1 Å². The van der Waals surface area contributed by atoms with Crippen molar-refractivity contribution in [3.63, 3.8) is 0 Å². The van der Waals surface area contributed by atoms with Crippen LogP contribution in [0.4, 0.5) is 10.5 Å². The minimum Gasteiger partial charge on any atom is -0.494 e. The van der Waals surface area contributed by atoms with Gasteiger partial charge in [-0.3, -0.25) is 5.32 Å². The molecule has 1 aromatic carbocycles. The minimum atomic E-state index is -0.676. The maximum absolute atomic E-state index is 12.2. The monoisotopic (exact) mass is 331 g/mol. The number of ether oxygens (including phenoxy) is 2. The number of aryl methyl sites for hydroxylation is 3. The molecule has 3 rings (SSSR count). The number of amides is 1. The van der Waals surface area contributed by atoms with Crippen molar-refractivity contribution in [1.82, 2.24) is 10.1 Å². The fourth-order valence-corrected chi connectivity index (χ4v) is 2.29. The maximum atomic E-state index is 12.2. The van der Waals surface area contributed by atoms with Crippen LogP contribution < -0.4 is 14.8 Å². The molecule has 126 valence electrons. The normalized spacial score (nSPS) is 10.8. The quantitative estimate of drug-likeness (QED) is 0.779. The Morgan fingerprint density at radius 3 is 2.67 bits per heavy atom. The van der Waals surface area contributed by atoms with E-state index in [1.165, 1.54) is 0 Å². The molecule has 0 unspecified atom stereocenters. The third-order valence-electron chi connectivity index (χ3n) is 3.50. The molecule has 2 heterocycles. The Kier molecular flexibility index (Phi) is 4.11. The Morgan fingerprint density at radius 2 is 2.04 bits per heavy atom. The molecule has 8 nitrogen and oxygen atoms in total. The molecule has 0 fully saturated rings. The molecule has 0 aliphatic carbocycles. The molecule has 0 aliphatic rings. The first kappa shape index (κ1) is 15.9. The van der Waals surface area contributed by atoms with Crippen molar-refractivity contribution < 1.29 is 23.2 Å². The van der Waals surface area contributed by atoms with E-state index >= 15 is 0 Å². The average molecular weight is 331 g/mol. The number of carbonyl (C=O) groups is 1. The van der Waals surface area contributed by atoms with Gasteiger partial charge in [0.15, 0.2) is 22.9 Å². The van der Waals surface area contributed by atoms with Crippen LogP contribution in [0.15, 0.2) is 21.1 Å². The average Bonchev–Trinajstić information content (AvgIpc) is 3.14. The van der Waals surface area contributed by atoms with Crippen molar-refractivity contribution in [2.24, 2.45) is 0 Å². The smallest absolute Gasteiger partial charge is 0.417 e. The molecule has 1 amide bonds. The standard InChI is InChI=1S/C16H17N3O5/c1-5-12-17-14-10(21-4)6-7-11(15(14)23-12)22-16(20)18-13-8(2)19-24-9(13)3/h6-7H,5H2,1-4H3,(H,18,20). The number of hydrogen-bond donors (Lipinski definition) is 1. The molecule has 0 radical (unpaired) electrons. The van der Waals surface area contributed by atoms with Crippen LogP contribution in [0.3, 0.4) is 0 Å². The molecule has 0 saturated heterocycles. The maximum Gasteiger partial charge on any atom is 0.417 e. The highest BCUT2D eigenvalue weighted by Gasteiger charge is 2.19. The Bertz CT molecular complexity index is 877. The zero-order valence-corrected chi connectivity index (χ0v) is 13.8. The van der Waals surface area contributed by atoms with Gasteiger partial charge in [-0.2, -0.15) is 0 Å². The number of hydrogen-bond acceptors (Lipinski definition) is 7. The van der Waals surface area contributed by atoms with Gasteiger partial charge in [0, 0.05) is 6.42 Å². The highest BCUT2D eigenvalue weighted by Crippen LogP contribution is 2.34. The van der Waals surface area contributed by atoms with Crippen LogP contribution in [0.2, 0.25) is 0 Å². The van der Waals surface area contributed by atoms with Crippen molar-refractivity contribution >= 4 is 22.9 Å². The lowest BCUT2D eigenvalue weighted by Gasteiger charge is -2.07. The zero-order valence-electron chi connectivity index (χ0n) is 13.8. The number of methoxy groups -OCH3 is 1. The largest absolute Gasteiger partial charge is 0.494 e. The number of rotatable bonds is 4. The molecule has 0 saturated carbocycles. The van der Waals surface area contributed by atoms with E-state index in [0.717, 1.165) is 0 Å². The highest BCUT2D eigenvalue weighted by molar-refractivity contribution is 5.92. The molecule has 8 heteroatoms. The van der Waals surface area contributed by atoms with Gasteiger partial charge in [-0.05, 0) is 26.0 Å². The van der Waals surface area contributed by atoms with E-state index in [1.54, 1.807) is 33.1 Å². The first-order valence-electron chi connectivity index (χ1n) is 7.41. The van der Waals surface area contributed by atoms with Crippen LogP contribution in [-0.2, 0) is 6.42 Å². The van der Waals surface area contributed by atoms with Crippen molar-refractivity contribution in [2.45, 2.75) is 27.2 Å². The lowest BCUT2D eigenvalue weighted by molar-refractivity contribution is 0.215. The van der Waals surface area contributed by atoms with Gasteiger partial charge in [-0.15, -0.1) is 0 Å². The molecule has 24 heavy (non-hydrogen) atoms. The summed E-state index contributed by atoms with van der Waals surface area (Å²) in [6, 6.07) is 3.27. The SMILES string of the molecule is CCc1nc2c(OC)ccc(OC(=O)Nc3c(C)noc3C)c2o1. The van der Waals surface area contributed by atoms with Crippen molar-refractivity contribution in [2.75, 3.05) is 12.4 Å². The summed E-state index contributed by atoms with van der Waals surface area (Å²) < 4.78 is 21.3. The summed E-state index contributed by atoms with van der Waals surface area (Å²) in [7, 11) is 1.54. The second-order valence-electron chi connectivity index (χ2n) is 5.12. The van der Waals surface area contributed by atoms with Crippen molar-refractivity contribution in [1.29, 1.82) is 0 Å². The second kappa shape index (κ2) is 6.23. The summed E-state index contributed by atoms with van der Waals surface area (Å²) >= 11 is 0.